The molecule has 0 aromatic carbocycles. The predicted molar refractivity (Wildman–Crippen MR) is 45.5 cm³/mol. The minimum absolute atomic E-state index is 0.000880. The average molecular weight is 189 g/mol. The summed E-state index contributed by atoms with van der Waals surface area (Å²) in [7, 11) is 1.52. The van der Waals surface area contributed by atoms with E-state index in [1.165, 1.54) is 17.9 Å². The minimum Gasteiger partial charge on any atom is -0.313 e. The maximum atomic E-state index is 12.5. The van der Waals surface area contributed by atoms with E-state index in [2.05, 4.69) is 10.4 Å². The van der Waals surface area contributed by atoms with E-state index in [9.17, 15) is 8.78 Å². The Balaban J connectivity index is 2.81. The Morgan fingerprint density at radius 3 is 2.85 bits per heavy atom. The number of rotatable bonds is 4. The van der Waals surface area contributed by atoms with Gasteiger partial charge in [-0.15, -0.1) is 0 Å². The maximum Gasteiger partial charge on any atom is 0.280 e. The molecule has 5 heteroatoms. The smallest absolute Gasteiger partial charge is 0.280 e. The molecule has 0 saturated carbocycles. The number of alkyl halides is 2. The number of aromatic nitrogens is 2. The van der Waals surface area contributed by atoms with Crippen LogP contribution in [-0.4, -0.2) is 16.3 Å². The molecular formula is C8H13F2N3. The third kappa shape index (κ3) is 2.24. The van der Waals surface area contributed by atoms with E-state index in [-0.39, 0.29) is 5.69 Å². The van der Waals surface area contributed by atoms with Crippen LogP contribution in [0, 0.1) is 0 Å². The van der Waals surface area contributed by atoms with Gasteiger partial charge in [0.2, 0.25) is 0 Å². The zero-order valence-corrected chi connectivity index (χ0v) is 7.72. The third-order valence-electron chi connectivity index (χ3n) is 1.84. The Kier molecular flexibility index (Phi) is 3.36. The molecule has 1 aromatic heterocycles. The molecule has 1 rings (SSSR count). The Morgan fingerprint density at radius 2 is 2.31 bits per heavy atom. The maximum absolute atomic E-state index is 12.5. The third-order valence-corrected chi connectivity index (χ3v) is 1.84. The lowest BCUT2D eigenvalue weighted by Crippen LogP contribution is -2.13. The highest BCUT2D eigenvalue weighted by atomic mass is 19.3. The van der Waals surface area contributed by atoms with E-state index in [0.717, 1.165) is 6.54 Å². The predicted octanol–water partition coefficient (Wildman–Crippen LogP) is 1.47. The van der Waals surface area contributed by atoms with Gasteiger partial charge in [0.15, 0.2) is 0 Å². The van der Waals surface area contributed by atoms with Gasteiger partial charge in [0, 0.05) is 19.2 Å². The molecule has 1 aromatic rings. The first-order valence-electron chi connectivity index (χ1n) is 4.16. The summed E-state index contributed by atoms with van der Waals surface area (Å²) in [5, 5.41) is 6.77. The highest BCUT2D eigenvalue weighted by Crippen LogP contribution is 2.21. The van der Waals surface area contributed by atoms with Gasteiger partial charge < -0.3 is 5.32 Å². The molecule has 74 valence electrons. The number of hydrogen-bond acceptors (Lipinski definition) is 2. The van der Waals surface area contributed by atoms with Gasteiger partial charge in [-0.1, -0.05) is 6.92 Å². The average Bonchev–Trinajstić information content (AvgIpc) is 2.43. The van der Waals surface area contributed by atoms with Crippen molar-refractivity contribution in [3.63, 3.8) is 0 Å². The first-order valence-corrected chi connectivity index (χ1v) is 4.16. The molecule has 1 N–H and O–H groups in total. The van der Waals surface area contributed by atoms with Gasteiger partial charge in [-0.25, -0.2) is 8.78 Å². The van der Waals surface area contributed by atoms with Crippen molar-refractivity contribution in [1.82, 2.24) is 15.1 Å². The van der Waals surface area contributed by atoms with Gasteiger partial charge in [0.1, 0.15) is 5.69 Å². The van der Waals surface area contributed by atoms with Crippen LogP contribution < -0.4 is 5.32 Å². The minimum atomic E-state index is -2.46. The molecule has 0 atom stereocenters. The fraction of sp³-hybridized carbons (Fsp3) is 0.625. The van der Waals surface area contributed by atoms with Crippen LogP contribution in [0.4, 0.5) is 8.78 Å². The molecule has 0 fully saturated rings. The van der Waals surface area contributed by atoms with Crippen LogP contribution in [0.1, 0.15) is 24.6 Å². The fourth-order valence-electron chi connectivity index (χ4n) is 1.17. The Labute approximate surface area is 75.7 Å². The number of aryl methyl sites for hydroxylation is 1. The van der Waals surface area contributed by atoms with Crippen molar-refractivity contribution < 1.29 is 8.78 Å². The van der Waals surface area contributed by atoms with E-state index < -0.39 is 6.43 Å². The summed E-state index contributed by atoms with van der Waals surface area (Å²) in [5.41, 5.74) is 0.570. The van der Waals surface area contributed by atoms with E-state index in [1.54, 1.807) is 0 Å². The van der Waals surface area contributed by atoms with Gasteiger partial charge in [0.05, 0.1) is 6.20 Å². The van der Waals surface area contributed by atoms with Crippen molar-refractivity contribution in [1.29, 1.82) is 0 Å². The van der Waals surface area contributed by atoms with Crippen LogP contribution in [0.5, 0.6) is 0 Å². The van der Waals surface area contributed by atoms with Crippen molar-refractivity contribution in [3.05, 3.63) is 17.5 Å². The summed E-state index contributed by atoms with van der Waals surface area (Å²) >= 11 is 0. The van der Waals surface area contributed by atoms with Crippen LogP contribution in [0.25, 0.3) is 0 Å². The summed E-state index contributed by atoms with van der Waals surface area (Å²) < 4.78 is 26.1. The van der Waals surface area contributed by atoms with Crippen LogP contribution >= 0.6 is 0 Å². The highest BCUT2D eigenvalue weighted by Gasteiger charge is 2.17. The van der Waals surface area contributed by atoms with Crippen molar-refractivity contribution in [3.8, 4) is 0 Å². The zero-order valence-electron chi connectivity index (χ0n) is 7.72. The van der Waals surface area contributed by atoms with Gasteiger partial charge >= 0.3 is 0 Å². The standard InChI is InChI=1S/C8H13F2N3/c1-3-11-4-6-5-12-13(2)7(6)8(9)10/h5,8,11H,3-4H2,1-2H3. The van der Waals surface area contributed by atoms with Gasteiger partial charge in [-0.3, -0.25) is 4.68 Å². The number of nitrogens with zero attached hydrogens (tertiary/aromatic N) is 2. The van der Waals surface area contributed by atoms with Crippen LogP contribution in [0.3, 0.4) is 0 Å². The van der Waals surface area contributed by atoms with E-state index in [4.69, 9.17) is 0 Å². The normalized spacial score (nSPS) is 11.2. The monoisotopic (exact) mass is 189 g/mol. The summed E-state index contributed by atoms with van der Waals surface area (Å²) in [6.07, 6.45) is -0.981. The lowest BCUT2D eigenvalue weighted by Gasteiger charge is -2.04. The molecule has 0 aliphatic rings. The zero-order chi connectivity index (χ0) is 9.84. The second kappa shape index (κ2) is 4.32. The molecular weight excluding hydrogens is 176 g/mol. The molecule has 0 saturated heterocycles. The molecule has 13 heavy (non-hydrogen) atoms. The topological polar surface area (TPSA) is 29.9 Å². The molecule has 1 heterocycles. The largest absolute Gasteiger partial charge is 0.313 e. The Hall–Kier alpha value is -0.970. The molecule has 0 spiro atoms. The van der Waals surface area contributed by atoms with Gasteiger partial charge in [-0.05, 0) is 6.54 Å². The van der Waals surface area contributed by atoms with E-state index >= 15 is 0 Å². The second-order valence-electron chi connectivity index (χ2n) is 2.76. The summed E-state index contributed by atoms with van der Waals surface area (Å²) in [6.45, 7) is 3.14. The molecule has 0 aliphatic carbocycles. The quantitative estimate of drug-likeness (QED) is 0.777. The molecule has 0 aliphatic heterocycles. The fourth-order valence-corrected chi connectivity index (χ4v) is 1.17. The lowest BCUT2D eigenvalue weighted by atomic mass is 10.2. The first-order chi connectivity index (χ1) is 6.16. The number of hydrogen-bond donors (Lipinski definition) is 1. The molecule has 3 nitrogen and oxygen atoms in total. The van der Waals surface area contributed by atoms with Crippen LogP contribution in [-0.2, 0) is 13.6 Å². The number of nitrogens with one attached hydrogen (secondary N) is 1. The molecule has 0 unspecified atom stereocenters. The van der Waals surface area contributed by atoms with Crippen molar-refractivity contribution in [2.24, 2.45) is 7.05 Å². The van der Waals surface area contributed by atoms with Crippen molar-refractivity contribution in [2.75, 3.05) is 6.54 Å². The van der Waals surface area contributed by atoms with Gasteiger partial charge in [0.25, 0.3) is 6.43 Å². The van der Waals surface area contributed by atoms with Crippen molar-refractivity contribution in [2.45, 2.75) is 19.9 Å². The summed E-state index contributed by atoms with van der Waals surface area (Å²) in [5.74, 6) is 0. The molecule has 0 radical (unpaired) electrons. The second-order valence-corrected chi connectivity index (χ2v) is 2.76. The van der Waals surface area contributed by atoms with Crippen LogP contribution in [0.15, 0.2) is 6.20 Å². The Morgan fingerprint density at radius 1 is 1.62 bits per heavy atom. The van der Waals surface area contributed by atoms with Gasteiger partial charge in [-0.2, -0.15) is 5.10 Å². The van der Waals surface area contributed by atoms with Crippen molar-refractivity contribution >= 4 is 0 Å². The molecule has 0 bridgehead atoms. The lowest BCUT2D eigenvalue weighted by molar-refractivity contribution is 0.139. The Bertz CT molecular complexity index is 270. The van der Waals surface area contributed by atoms with E-state index in [1.807, 2.05) is 6.92 Å². The summed E-state index contributed by atoms with van der Waals surface area (Å²) in [4.78, 5) is 0. The summed E-state index contributed by atoms with van der Waals surface area (Å²) in [6, 6.07) is 0. The SMILES string of the molecule is CCNCc1cnn(C)c1C(F)F. The highest BCUT2D eigenvalue weighted by molar-refractivity contribution is 5.18. The first kappa shape index (κ1) is 10.1. The van der Waals surface area contributed by atoms with Crippen LogP contribution in [0.2, 0.25) is 0 Å². The number of halogens is 2. The molecule has 0 amide bonds. The van der Waals surface area contributed by atoms with E-state index in [0.29, 0.717) is 12.1 Å².